The fourth-order valence-electron chi connectivity index (χ4n) is 5.30. The number of aliphatic hydroxyl groups is 1. The highest BCUT2D eigenvalue weighted by Crippen LogP contribution is 2.47. The number of fused-ring (bicyclic) bond motifs is 7. The van der Waals surface area contributed by atoms with Crippen molar-refractivity contribution in [3.8, 4) is 22.9 Å². The van der Waals surface area contributed by atoms with Crippen LogP contribution in [0.15, 0.2) is 16.9 Å². The first kappa shape index (κ1) is 16.4. The Bertz CT molecular complexity index is 1390. The van der Waals surface area contributed by atoms with E-state index in [0.717, 1.165) is 52.7 Å². The zero-order valence-corrected chi connectivity index (χ0v) is 15.9. The van der Waals surface area contributed by atoms with Gasteiger partial charge in [0.05, 0.1) is 29.0 Å². The highest BCUT2D eigenvalue weighted by Gasteiger charge is 2.36. The summed E-state index contributed by atoms with van der Waals surface area (Å²) in [6.07, 6.45) is 1.35. The number of nitrogens with zero attached hydrogens (tertiary/aromatic N) is 2. The van der Waals surface area contributed by atoms with E-state index in [9.17, 15) is 14.7 Å². The minimum absolute atomic E-state index is 0.117. The van der Waals surface area contributed by atoms with Crippen LogP contribution in [0.5, 0.6) is 11.5 Å². The molecule has 7 rings (SSSR count). The minimum Gasteiger partial charge on any atom is -0.458 e. The fraction of sp³-hybridized carbons (Fsp3) is 0.318. The van der Waals surface area contributed by atoms with E-state index in [-0.39, 0.29) is 19.0 Å². The van der Waals surface area contributed by atoms with Gasteiger partial charge in [0.1, 0.15) is 6.61 Å². The molecule has 0 radical (unpaired) electrons. The van der Waals surface area contributed by atoms with E-state index in [0.29, 0.717) is 29.1 Å². The van der Waals surface area contributed by atoms with Crippen molar-refractivity contribution in [1.82, 2.24) is 9.55 Å². The summed E-state index contributed by atoms with van der Waals surface area (Å²) in [6, 6.07) is 3.62. The maximum atomic E-state index is 13.2. The first-order valence-electron chi connectivity index (χ1n) is 10.0. The van der Waals surface area contributed by atoms with E-state index in [1.54, 1.807) is 10.6 Å². The molecule has 5 heterocycles. The molecule has 150 valence electrons. The van der Waals surface area contributed by atoms with Crippen LogP contribution in [0.3, 0.4) is 0 Å². The van der Waals surface area contributed by atoms with Crippen LogP contribution in [0.2, 0.25) is 0 Å². The van der Waals surface area contributed by atoms with Gasteiger partial charge in [0, 0.05) is 28.1 Å². The van der Waals surface area contributed by atoms with Gasteiger partial charge in [-0.15, -0.1) is 0 Å². The Kier molecular flexibility index (Phi) is 2.95. The molecule has 0 saturated carbocycles. The lowest BCUT2D eigenvalue weighted by atomic mass is 9.86. The van der Waals surface area contributed by atoms with E-state index in [1.807, 2.05) is 6.07 Å². The topological polar surface area (TPSA) is 99.9 Å². The third-order valence-electron chi connectivity index (χ3n) is 6.65. The van der Waals surface area contributed by atoms with E-state index in [4.69, 9.17) is 19.2 Å². The molecular formula is C22H16N2O6. The molecule has 0 spiro atoms. The Morgan fingerprint density at radius 2 is 1.90 bits per heavy atom. The zero-order valence-electron chi connectivity index (χ0n) is 15.9. The number of aliphatic hydroxyl groups excluding tert-OH is 1. The molecule has 4 aliphatic rings. The van der Waals surface area contributed by atoms with Crippen LogP contribution >= 0.6 is 0 Å². The van der Waals surface area contributed by atoms with E-state index < -0.39 is 12.1 Å². The van der Waals surface area contributed by atoms with Gasteiger partial charge in [0.2, 0.25) is 6.79 Å². The van der Waals surface area contributed by atoms with Gasteiger partial charge < -0.3 is 23.9 Å². The lowest BCUT2D eigenvalue weighted by Gasteiger charge is -2.21. The maximum absolute atomic E-state index is 13.2. The largest absolute Gasteiger partial charge is 0.458 e. The first-order valence-corrected chi connectivity index (χ1v) is 10.0. The second-order valence-corrected chi connectivity index (χ2v) is 8.12. The number of ether oxygens (including phenoxy) is 3. The smallest absolute Gasteiger partial charge is 0.340 e. The Labute approximate surface area is 169 Å². The lowest BCUT2D eigenvalue weighted by Crippen LogP contribution is -2.32. The van der Waals surface area contributed by atoms with E-state index in [2.05, 4.69) is 0 Å². The normalized spacial score (nSPS) is 20.0. The van der Waals surface area contributed by atoms with Crippen molar-refractivity contribution in [3.05, 3.63) is 50.3 Å². The number of cyclic esters (lactones) is 1. The molecule has 0 unspecified atom stereocenters. The van der Waals surface area contributed by atoms with Gasteiger partial charge in [0.25, 0.3) is 5.56 Å². The molecule has 8 heteroatoms. The van der Waals surface area contributed by atoms with Gasteiger partial charge in [-0.25, -0.2) is 9.78 Å². The Hall–Kier alpha value is -3.39. The summed E-state index contributed by atoms with van der Waals surface area (Å²) in [4.78, 5) is 29.9. The Morgan fingerprint density at radius 3 is 2.80 bits per heavy atom. The molecule has 1 N–H and O–H groups in total. The molecule has 2 aromatic heterocycles. The lowest BCUT2D eigenvalue weighted by molar-refractivity contribution is -0.157. The first-order chi connectivity index (χ1) is 14.6. The minimum atomic E-state index is -1.45. The number of aromatic nitrogens is 2. The van der Waals surface area contributed by atoms with Crippen LogP contribution in [-0.2, 0) is 35.5 Å². The van der Waals surface area contributed by atoms with Crippen LogP contribution in [0, 0.1) is 0 Å². The van der Waals surface area contributed by atoms with Crippen LogP contribution < -0.4 is 15.0 Å². The summed E-state index contributed by atoms with van der Waals surface area (Å²) in [5.41, 5.74) is 5.95. The molecule has 3 aromatic rings. The molecule has 30 heavy (non-hydrogen) atoms. The third-order valence-corrected chi connectivity index (χ3v) is 6.65. The highest BCUT2D eigenvalue weighted by molar-refractivity contribution is 5.94. The summed E-state index contributed by atoms with van der Waals surface area (Å²) < 4.78 is 18.0. The van der Waals surface area contributed by atoms with E-state index in [1.165, 1.54) is 5.56 Å². The van der Waals surface area contributed by atoms with Crippen LogP contribution in [0.1, 0.15) is 40.3 Å². The molecule has 0 amide bonds. The molecule has 3 aliphatic heterocycles. The Balaban J connectivity index is 1.54. The number of hydrogen-bond donors (Lipinski definition) is 1. The van der Waals surface area contributed by atoms with Crippen molar-refractivity contribution in [2.45, 2.75) is 38.5 Å². The van der Waals surface area contributed by atoms with Gasteiger partial charge in [-0.3, -0.25) is 4.79 Å². The van der Waals surface area contributed by atoms with Crippen molar-refractivity contribution >= 4 is 16.9 Å². The number of benzene rings is 1. The maximum Gasteiger partial charge on any atom is 0.340 e. The standard InChI is InChI=1S/C22H16N2O6/c25-19-11-4-15-18-12(6-24(15)21(26)13(11)7-28-22(19)27)9-2-1-3-10-17(9)14(23-18)5-16-20(10)30-8-29-16/h4-5,19,25H,1-3,6-8H2/t19-/m0/s1. The van der Waals surface area contributed by atoms with E-state index >= 15 is 0 Å². The molecule has 1 atom stereocenters. The molecule has 1 aromatic carbocycles. The van der Waals surface area contributed by atoms with Crippen LogP contribution in [-0.4, -0.2) is 27.4 Å². The fourth-order valence-corrected chi connectivity index (χ4v) is 5.30. The monoisotopic (exact) mass is 404 g/mol. The second kappa shape index (κ2) is 5.40. The number of pyridine rings is 2. The van der Waals surface area contributed by atoms with Crippen molar-refractivity contribution in [2.75, 3.05) is 6.79 Å². The summed E-state index contributed by atoms with van der Waals surface area (Å²) in [6.45, 7) is 0.521. The van der Waals surface area contributed by atoms with Crippen molar-refractivity contribution < 1.29 is 24.1 Å². The van der Waals surface area contributed by atoms with Crippen molar-refractivity contribution in [1.29, 1.82) is 0 Å². The quantitative estimate of drug-likeness (QED) is 0.446. The highest BCUT2D eigenvalue weighted by atomic mass is 16.7. The van der Waals surface area contributed by atoms with Crippen molar-refractivity contribution in [3.63, 3.8) is 0 Å². The number of aryl methyl sites for hydroxylation is 2. The molecule has 0 saturated heterocycles. The average molecular weight is 404 g/mol. The second-order valence-electron chi connectivity index (χ2n) is 8.12. The number of hydrogen-bond acceptors (Lipinski definition) is 7. The molecule has 8 nitrogen and oxygen atoms in total. The average Bonchev–Trinajstić information content (AvgIpc) is 3.37. The predicted octanol–water partition coefficient (Wildman–Crippen LogP) is 1.73. The van der Waals surface area contributed by atoms with Crippen LogP contribution in [0.4, 0.5) is 0 Å². The van der Waals surface area contributed by atoms with Crippen LogP contribution in [0.25, 0.3) is 22.3 Å². The summed E-state index contributed by atoms with van der Waals surface area (Å²) in [5.74, 6) is 0.785. The van der Waals surface area contributed by atoms with Gasteiger partial charge >= 0.3 is 5.97 Å². The molecular weight excluding hydrogens is 388 g/mol. The molecule has 1 aliphatic carbocycles. The summed E-state index contributed by atoms with van der Waals surface area (Å²) in [7, 11) is 0. The molecule has 0 fully saturated rings. The SMILES string of the molecule is O=C1OCc2c(cc3n(c2=O)Cc2c-3nc3cc4c(c5c3c2CCC5)OCO4)[C@@H]1O. The van der Waals surface area contributed by atoms with Crippen molar-refractivity contribution in [2.24, 2.45) is 0 Å². The third kappa shape index (κ3) is 1.87. The zero-order chi connectivity index (χ0) is 20.1. The summed E-state index contributed by atoms with van der Waals surface area (Å²) in [5, 5.41) is 11.4. The molecule has 0 bridgehead atoms. The van der Waals surface area contributed by atoms with Gasteiger partial charge in [-0.1, -0.05) is 0 Å². The van der Waals surface area contributed by atoms with Gasteiger partial charge in [-0.2, -0.15) is 0 Å². The number of carbonyl (C=O) groups is 1. The van der Waals surface area contributed by atoms with Gasteiger partial charge in [0.15, 0.2) is 17.6 Å². The van der Waals surface area contributed by atoms with Gasteiger partial charge in [-0.05, 0) is 30.9 Å². The number of carbonyl (C=O) groups excluding carboxylic acids is 1. The predicted molar refractivity (Wildman–Crippen MR) is 103 cm³/mol. The Morgan fingerprint density at radius 1 is 1.03 bits per heavy atom. The summed E-state index contributed by atoms with van der Waals surface area (Å²) >= 11 is 0. The number of rotatable bonds is 0. The number of esters is 1.